The molecule has 4 rings (SSSR count). The number of hydrogen-bond acceptors (Lipinski definition) is 7. The molecule has 0 aliphatic carbocycles. The number of nitrogens with zero attached hydrogens (tertiary/aromatic N) is 5. The lowest BCUT2D eigenvalue weighted by Gasteiger charge is -2.33. The Morgan fingerprint density at radius 3 is 2.59 bits per heavy atom. The van der Waals surface area contributed by atoms with Gasteiger partial charge in [-0.1, -0.05) is 18.2 Å². The van der Waals surface area contributed by atoms with Gasteiger partial charge in [0, 0.05) is 30.6 Å². The highest BCUT2D eigenvalue weighted by Crippen LogP contribution is 2.39. The molecular formula is C21H25N5O3. The van der Waals surface area contributed by atoms with E-state index in [1.54, 1.807) is 18.9 Å². The Hall–Kier alpha value is -2.97. The third-order valence-electron chi connectivity index (χ3n) is 5.27. The molecule has 1 aromatic heterocycles. The van der Waals surface area contributed by atoms with Crippen LogP contribution >= 0.6 is 0 Å². The molecule has 2 aromatic carbocycles. The Balaban J connectivity index is 1.44. The summed E-state index contributed by atoms with van der Waals surface area (Å²) < 4.78 is 12.7. The van der Waals surface area contributed by atoms with Crippen molar-refractivity contribution in [2.45, 2.75) is 25.5 Å². The van der Waals surface area contributed by atoms with Crippen LogP contribution in [-0.2, 0) is 13.0 Å². The number of β-amino-alcohol motifs (C(OH)–C–C–N with tert-alkyl or cyclic N) is 1. The first-order valence-corrected chi connectivity index (χ1v) is 9.68. The largest absolute Gasteiger partial charge is 0.496 e. The normalized spacial score (nSPS) is 16.4. The maximum Gasteiger partial charge on any atom is 0.156 e. The predicted molar refractivity (Wildman–Crippen MR) is 107 cm³/mol. The fourth-order valence-corrected chi connectivity index (χ4v) is 3.91. The van der Waals surface area contributed by atoms with E-state index in [0.717, 1.165) is 47.8 Å². The van der Waals surface area contributed by atoms with Gasteiger partial charge in [-0.2, -0.15) is 4.68 Å². The van der Waals surface area contributed by atoms with Gasteiger partial charge in [0.25, 0.3) is 0 Å². The molecule has 0 radical (unpaired) electrons. The van der Waals surface area contributed by atoms with E-state index in [1.165, 1.54) is 0 Å². The van der Waals surface area contributed by atoms with E-state index in [0.29, 0.717) is 18.8 Å². The Bertz CT molecular complexity index is 960. The summed E-state index contributed by atoms with van der Waals surface area (Å²) in [7, 11) is 3.27. The number of aliphatic hydroxyl groups excluding tert-OH is 1. The maximum absolute atomic E-state index is 10.7. The van der Waals surface area contributed by atoms with Crippen molar-refractivity contribution in [2.75, 3.05) is 27.3 Å². The fraction of sp³-hybridized carbons (Fsp3) is 0.381. The number of aryl methyl sites for hydroxylation is 1. The number of fused-ring (bicyclic) bond motifs is 1. The molecule has 0 bridgehead atoms. The van der Waals surface area contributed by atoms with Crippen molar-refractivity contribution < 1.29 is 14.6 Å². The average molecular weight is 395 g/mol. The highest BCUT2D eigenvalue weighted by molar-refractivity contribution is 5.51. The topological polar surface area (TPSA) is 85.5 Å². The standard InChI is InChI=1S/C21H25N5O3/c1-28-18-10-11-19(29-2)21-16(18)13-25(14-17(21)27)12-6-9-20-22-23-24-26(20)15-7-4-3-5-8-15/h3-5,7-8,10-11,17,27H,6,9,12-14H2,1-2H3/t17-/m1/s1. The molecule has 0 unspecified atom stereocenters. The van der Waals surface area contributed by atoms with E-state index in [9.17, 15) is 5.11 Å². The second-order valence-corrected chi connectivity index (χ2v) is 7.06. The van der Waals surface area contributed by atoms with Crippen molar-refractivity contribution in [3.05, 3.63) is 59.4 Å². The summed E-state index contributed by atoms with van der Waals surface area (Å²) in [4.78, 5) is 2.23. The summed E-state index contributed by atoms with van der Waals surface area (Å²) in [6.07, 6.45) is 1.01. The Labute approximate surface area is 169 Å². The number of hydrogen-bond donors (Lipinski definition) is 1. The third-order valence-corrected chi connectivity index (χ3v) is 5.27. The van der Waals surface area contributed by atoms with E-state index < -0.39 is 6.10 Å². The summed E-state index contributed by atoms with van der Waals surface area (Å²) >= 11 is 0. The quantitative estimate of drug-likeness (QED) is 0.656. The predicted octanol–water partition coefficient (Wildman–Crippen LogP) is 2.16. The molecule has 1 aliphatic heterocycles. The highest BCUT2D eigenvalue weighted by atomic mass is 16.5. The number of ether oxygens (including phenoxy) is 2. The van der Waals surface area contributed by atoms with Crippen molar-refractivity contribution in [3.63, 3.8) is 0 Å². The Kier molecular flexibility index (Phi) is 5.73. The Morgan fingerprint density at radius 2 is 1.83 bits per heavy atom. The number of methoxy groups -OCH3 is 2. The van der Waals surface area contributed by atoms with Gasteiger partial charge in [-0.25, -0.2) is 0 Å². The van der Waals surface area contributed by atoms with E-state index >= 15 is 0 Å². The average Bonchev–Trinajstić information content (AvgIpc) is 3.22. The lowest BCUT2D eigenvalue weighted by Crippen LogP contribution is -2.35. The first-order chi connectivity index (χ1) is 14.2. The number of rotatable bonds is 7. The maximum atomic E-state index is 10.7. The summed E-state index contributed by atoms with van der Waals surface area (Å²) in [6.45, 7) is 2.08. The molecule has 8 nitrogen and oxygen atoms in total. The zero-order valence-electron chi connectivity index (χ0n) is 16.7. The van der Waals surface area contributed by atoms with E-state index in [2.05, 4.69) is 20.4 Å². The number of aliphatic hydroxyl groups is 1. The van der Waals surface area contributed by atoms with Crippen LogP contribution in [0.1, 0.15) is 29.5 Å². The third kappa shape index (κ3) is 3.94. The van der Waals surface area contributed by atoms with Crippen LogP contribution in [0.5, 0.6) is 11.5 Å². The zero-order valence-corrected chi connectivity index (χ0v) is 16.7. The molecule has 29 heavy (non-hydrogen) atoms. The van der Waals surface area contributed by atoms with Gasteiger partial charge in [0.1, 0.15) is 11.5 Å². The van der Waals surface area contributed by atoms with Crippen LogP contribution in [0.2, 0.25) is 0 Å². The summed E-state index contributed by atoms with van der Waals surface area (Å²) in [5.41, 5.74) is 2.77. The second-order valence-electron chi connectivity index (χ2n) is 7.06. The van der Waals surface area contributed by atoms with Crippen LogP contribution in [-0.4, -0.2) is 57.5 Å². The second kappa shape index (κ2) is 8.59. The molecule has 2 heterocycles. The summed E-state index contributed by atoms with van der Waals surface area (Å²) in [6, 6.07) is 13.6. The van der Waals surface area contributed by atoms with Crippen LogP contribution in [0, 0.1) is 0 Å². The number of benzene rings is 2. The minimum absolute atomic E-state index is 0.556. The van der Waals surface area contributed by atoms with Crippen molar-refractivity contribution >= 4 is 0 Å². The van der Waals surface area contributed by atoms with Crippen LogP contribution < -0.4 is 9.47 Å². The molecule has 1 aliphatic rings. The van der Waals surface area contributed by atoms with E-state index in [4.69, 9.17) is 9.47 Å². The van der Waals surface area contributed by atoms with Crippen LogP contribution in [0.15, 0.2) is 42.5 Å². The van der Waals surface area contributed by atoms with Gasteiger partial charge in [-0.15, -0.1) is 5.10 Å². The number of para-hydroxylation sites is 1. The Morgan fingerprint density at radius 1 is 1.07 bits per heavy atom. The van der Waals surface area contributed by atoms with Crippen LogP contribution in [0.3, 0.4) is 0 Å². The molecule has 1 N–H and O–H groups in total. The summed E-state index contributed by atoms with van der Waals surface area (Å²) in [5, 5.41) is 22.8. The zero-order chi connectivity index (χ0) is 20.2. The van der Waals surface area contributed by atoms with Crippen LogP contribution in [0.4, 0.5) is 0 Å². The lowest BCUT2D eigenvalue weighted by molar-refractivity contribution is 0.0877. The minimum atomic E-state index is -0.613. The van der Waals surface area contributed by atoms with Crippen molar-refractivity contribution in [1.82, 2.24) is 25.1 Å². The first kappa shape index (κ1) is 19.4. The van der Waals surface area contributed by atoms with Gasteiger partial charge >= 0.3 is 0 Å². The monoisotopic (exact) mass is 395 g/mol. The van der Waals surface area contributed by atoms with Gasteiger partial charge in [0.05, 0.1) is 26.0 Å². The molecular weight excluding hydrogens is 370 g/mol. The van der Waals surface area contributed by atoms with Crippen molar-refractivity contribution in [2.24, 2.45) is 0 Å². The van der Waals surface area contributed by atoms with Crippen molar-refractivity contribution in [3.8, 4) is 17.2 Å². The molecule has 0 fully saturated rings. The molecule has 3 aromatic rings. The van der Waals surface area contributed by atoms with E-state index in [-0.39, 0.29) is 0 Å². The highest BCUT2D eigenvalue weighted by Gasteiger charge is 2.29. The van der Waals surface area contributed by atoms with Gasteiger partial charge in [0.15, 0.2) is 5.82 Å². The lowest BCUT2D eigenvalue weighted by atomic mass is 9.95. The minimum Gasteiger partial charge on any atom is -0.496 e. The fourth-order valence-electron chi connectivity index (χ4n) is 3.91. The molecule has 0 spiro atoms. The number of tetrazole rings is 1. The molecule has 1 atom stereocenters. The summed E-state index contributed by atoms with van der Waals surface area (Å²) in [5.74, 6) is 2.31. The molecule has 0 saturated carbocycles. The van der Waals surface area contributed by atoms with Gasteiger partial charge in [0.2, 0.25) is 0 Å². The van der Waals surface area contributed by atoms with Gasteiger partial charge in [-0.3, -0.25) is 4.90 Å². The molecule has 0 saturated heterocycles. The smallest absolute Gasteiger partial charge is 0.156 e. The SMILES string of the molecule is COc1ccc(OC)c2c1CN(CCCc1nnnn1-c1ccccc1)C[C@H]2O. The van der Waals surface area contributed by atoms with Crippen LogP contribution in [0.25, 0.3) is 5.69 Å². The van der Waals surface area contributed by atoms with Crippen molar-refractivity contribution in [1.29, 1.82) is 0 Å². The number of aromatic nitrogens is 4. The van der Waals surface area contributed by atoms with Gasteiger partial charge in [-0.05, 0) is 47.7 Å². The van der Waals surface area contributed by atoms with E-state index in [1.807, 2.05) is 42.5 Å². The molecule has 0 amide bonds. The first-order valence-electron chi connectivity index (χ1n) is 9.68. The van der Waals surface area contributed by atoms with Gasteiger partial charge < -0.3 is 14.6 Å². The molecule has 152 valence electrons. The molecule has 8 heteroatoms.